The van der Waals surface area contributed by atoms with Crippen LogP contribution in [0.5, 0.6) is 0 Å². The molecule has 2 aromatic rings. The number of hydrogen-bond donors (Lipinski definition) is 0. The highest BCUT2D eigenvalue weighted by Crippen LogP contribution is 2.17. The lowest BCUT2D eigenvalue weighted by Crippen LogP contribution is -2.06. The number of ether oxygens (including phenoxy) is 1. The van der Waals surface area contributed by atoms with Crippen molar-refractivity contribution < 1.29 is 9.53 Å². The van der Waals surface area contributed by atoms with E-state index >= 15 is 0 Å². The second-order valence-corrected chi connectivity index (χ2v) is 4.08. The molecule has 0 bridgehead atoms. The number of benzene rings is 1. The number of rotatable bonds is 4. The zero-order valence-corrected chi connectivity index (χ0v) is 10.7. The maximum absolute atomic E-state index is 11.5. The molecule has 0 unspecified atom stereocenters. The smallest absolute Gasteiger partial charge is 0.360 e. The van der Waals surface area contributed by atoms with E-state index in [4.69, 9.17) is 16.3 Å². The molecule has 0 fully saturated rings. The van der Waals surface area contributed by atoms with Crippen LogP contribution in [-0.4, -0.2) is 22.1 Å². The number of halogens is 1. The first-order chi connectivity index (χ1) is 8.72. The number of carbonyl (C=O) groups is 1. The van der Waals surface area contributed by atoms with Gasteiger partial charge in [-0.3, -0.25) is 0 Å². The Morgan fingerprint density at radius 1 is 1.39 bits per heavy atom. The monoisotopic (exact) mass is 264 g/mol. The van der Waals surface area contributed by atoms with Crippen LogP contribution < -0.4 is 0 Å². The van der Waals surface area contributed by atoms with Gasteiger partial charge in [0.25, 0.3) is 0 Å². The van der Waals surface area contributed by atoms with E-state index in [1.54, 1.807) is 17.8 Å². The average molecular weight is 265 g/mol. The van der Waals surface area contributed by atoms with Gasteiger partial charge in [-0.25, -0.2) is 9.78 Å². The van der Waals surface area contributed by atoms with Crippen molar-refractivity contribution in [3.63, 3.8) is 0 Å². The maximum Gasteiger partial charge on any atom is 0.360 e. The molecule has 0 atom stereocenters. The lowest BCUT2D eigenvalue weighted by molar-refractivity contribution is 0.0520. The van der Waals surface area contributed by atoms with Gasteiger partial charge in [0.15, 0.2) is 5.69 Å². The van der Waals surface area contributed by atoms with E-state index in [0.29, 0.717) is 18.3 Å². The number of nitrogens with zero attached hydrogens (tertiary/aromatic N) is 2. The van der Waals surface area contributed by atoms with Gasteiger partial charge in [0, 0.05) is 6.54 Å². The highest BCUT2D eigenvalue weighted by Gasteiger charge is 2.17. The normalized spacial score (nSPS) is 10.3. The van der Waals surface area contributed by atoms with Crippen LogP contribution in [0.1, 0.15) is 23.0 Å². The minimum atomic E-state index is -0.491. The molecule has 5 heteroatoms. The molecule has 94 valence electrons. The van der Waals surface area contributed by atoms with Gasteiger partial charge < -0.3 is 9.30 Å². The zero-order valence-electron chi connectivity index (χ0n) is 9.97. The molecule has 0 saturated heterocycles. The Morgan fingerprint density at radius 3 is 2.78 bits per heavy atom. The molecule has 0 saturated carbocycles. The van der Waals surface area contributed by atoms with Gasteiger partial charge in [0.05, 0.1) is 12.9 Å². The number of carbonyl (C=O) groups excluding carboxylic acids is 1. The molecule has 0 aliphatic carbocycles. The molecule has 0 spiro atoms. The van der Waals surface area contributed by atoms with Crippen LogP contribution in [0.3, 0.4) is 0 Å². The van der Waals surface area contributed by atoms with E-state index in [1.807, 2.05) is 30.3 Å². The summed E-state index contributed by atoms with van der Waals surface area (Å²) in [6.07, 6.45) is 1.54. The van der Waals surface area contributed by atoms with Gasteiger partial charge in [-0.15, -0.1) is 0 Å². The molecular weight excluding hydrogens is 252 g/mol. The maximum atomic E-state index is 11.5. The second-order valence-electron chi connectivity index (χ2n) is 3.72. The van der Waals surface area contributed by atoms with Crippen LogP contribution in [0.15, 0.2) is 36.7 Å². The fraction of sp³-hybridized carbons (Fsp3) is 0.231. The third-order valence-electron chi connectivity index (χ3n) is 2.44. The quantitative estimate of drug-likeness (QED) is 0.798. The zero-order chi connectivity index (χ0) is 13.0. The molecule has 0 N–H and O–H groups in total. The summed E-state index contributed by atoms with van der Waals surface area (Å²) in [4.78, 5) is 15.5. The highest BCUT2D eigenvalue weighted by molar-refractivity contribution is 6.32. The average Bonchev–Trinajstić information content (AvgIpc) is 2.73. The van der Waals surface area contributed by atoms with E-state index in [-0.39, 0.29) is 5.69 Å². The molecular formula is C13H13ClN2O2. The standard InChI is InChI=1S/C13H13ClN2O2/c1-2-18-13(17)11-12(14)16(9-15-11)8-10-6-4-3-5-7-10/h3-7,9H,2,8H2,1H3. The summed E-state index contributed by atoms with van der Waals surface area (Å²) in [6, 6.07) is 9.82. The Hall–Kier alpha value is -1.81. The summed E-state index contributed by atoms with van der Waals surface area (Å²) in [6.45, 7) is 2.62. The molecule has 0 amide bonds. The lowest BCUT2D eigenvalue weighted by atomic mass is 10.2. The molecule has 18 heavy (non-hydrogen) atoms. The number of aromatic nitrogens is 2. The van der Waals surface area contributed by atoms with Crippen molar-refractivity contribution >= 4 is 17.6 Å². The van der Waals surface area contributed by atoms with E-state index in [1.165, 1.54) is 0 Å². The predicted molar refractivity (Wildman–Crippen MR) is 68.7 cm³/mol. The van der Waals surface area contributed by atoms with Gasteiger partial charge in [0.1, 0.15) is 5.15 Å². The highest BCUT2D eigenvalue weighted by atomic mass is 35.5. The van der Waals surface area contributed by atoms with Gasteiger partial charge in [0.2, 0.25) is 0 Å². The number of esters is 1. The van der Waals surface area contributed by atoms with E-state index in [0.717, 1.165) is 5.56 Å². The van der Waals surface area contributed by atoms with Crippen LogP contribution in [0.25, 0.3) is 0 Å². The molecule has 1 aromatic heterocycles. The van der Waals surface area contributed by atoms with Gasteiger partial charge >= 0.3 is 5.97 Å². The molecule has 0 aliphatic rings. The Morgan fingerprint density at radius 2 is 2.11 bits per heavy atom. The van der Waals surface area contributed by atoms with Crippen LogP contribution in [0.4, 0.5) is 0 Å². The molecule has 0 aliphatic heterocycles. The largest absolute Gasteiger partial charge is 0.461 e. The Bertz CT molecular complexity index is 537. The molecule has 1 aromatic carbocycles. The number of imidazole rings is 1. The summed E-state index contributed by atoms with van der Waals surface area (Å²) in [5.41, 5.74) is 1.25. The van der Waals surface area contributed by atoms with Gasteiger partial charge in [-0.2, -0.15) is 0 Å². The van der Waals surface area contributed by atoms with Crippen LogP contribution >= 0.6 is 11.6 Å². The SMILES string of the molecule is CCOC(=O)c1ncn(Cc2ccccc2)c1Cl. The van der Waals surface area contributed by atoms with Crippen LogP contribution in [0.2, 0.25) is 5.15 Å². The molecule has 2 rings (SSSR count). The Kier molecular flexibility index (Phi) is 3.99. The molecule has 0 radical (unpaired) electrons. The minimum Gasteiger partial charge on any atom is -0.461 e. The van der Waals surface area contributed by atoms with E-state index in [2.05, 4.69) is 4.98 Å². The summed E-state index contributed by atoms with van der Waals surface area (Å²) in [7, 11) is 0. The van der Waals surface area contributed by atoms with E-state index in [9.17, 15) is 4.79 Å². The van der Waals surface area contributed by atoms with Crippen molar-refractivity contribution in [1.29, 1.82) is 0 Å². The first-order valence-corrected chi connectivity index (χ1v) is 6.02. The van der Waals surface area contributed by atoms with E-state index < -0.39 is 5.97 Å². The first-order valence-electron chi connectivity index (χ1n) is 5.64. The molecule has 1 heterocycles. The number of hydrogen-bond acceptors (Lipinski definition) is 3. The topological polar surface area (TPSA) is 44.1 Å². The van der Waals surface area contributed by atoms with Crippen molar-refractivity contribution in [3.8, 4) is 0 Å². The lowest BCUT2D eigenvalue weighted by Gasteiger charge is -2.04. The third kappa shape index (κ3) is 2.71. The first kappa shape index (κ1) is 12.6. The van der Waals surface area contributed by atoms with Crippen molar-refractivity contribution in [3.05, 3.63) is 53.1 Å². The summed E-state index contributed by atoms with van der Waals surface area (Å²) < 4.78 is 6.58. The third-order valence-corrected chi connectivity index (χ3v) is 2.83. The van der Waals surface area contributed by atoms with Crippen molar-refractivity contribution in [2.24, 2.45) is 0 Å². The Labute approximate surface area is 110 Å². The fourth-order valence-corrected chi connectivity index (χ4v) is 1.82. The second kappa shape index (κ2) is 5.69. The van der Waals surface area contributed by atoms with Crippen LogP contribution in [0, 0.1) is 0 Å². The van der Waals surface area contributed by atoms with Crippen LogP contribution in [-0.2, 0) is 11.3 Å². The van der Waals surface area contributed by atoms with Gasteiger partial charge in [-0.05, 0) is 12.5 Å². The summed E-state index contributed by atoms with van der Waals surface area (Å²) >= 11 is 6.10. The Balaban J connectivity index is 2.18. The summed E-state index contributed by atoms with van der Waals surface area (Å²) in [5.74, 6) is -0.491. The fourth-order valence-electron chi connectivity index (χ4n) is 1.59. The summed E-state index contributed by atoms with van der Waals surface area (Å²) in [5, 5.41) is 0.303. The van der Waals surface area contributed by atoms with Crippen molar-refractivity contribution in [1.82, 2.24) is 9.55 Å². The minimum absolute atomic E-state index is 0.162. The van der Waals surface area contributed by atoms with Crippen molar-refractivity contribution in [2.45, 2.75) is 13.5 Å². The predicted octanol–water partition coefficient (Wildman–Crippen LogP) is 2.76. The molecule has 4 nitrogen and oxygen atoms in total. The van der Waals surface area contributed by atoms with Gasteiger partial charge in [-0.1, -0.05) is 41.9 Å². The van der Waals surface area contributed by atoms with Crippen molar-refractivity contribution in [2.75, 3.05) is 6.61 Å².